The summed E-state index contributed by atoms with van der Waals surface area (Å²) >= 11 is 0. The molecule has 0 heterocycles. The monoisotopic (exact) mass is 927 g/mol. The molecule has 0 rings (SSSR count). The molecule has 66 heavy (non-hydrogen) atoms. The average Bonchev–Trinajstić information content (AvgIpc) is 3.31. The van der Waals surface area contributed by atoms with Gasteiger partial charge < -0.3 is 14.2 Å². The molecule has 0 amide bonds. The van der Waals surface area contributed by atoms with Crippen LogP contribution in [0.4, 0.5) is 0 Å². The summed E-state index contributed by atoms with van der Waals surface area (Å²) in [5, 5.41) is 0. The number of esters is 3. The highest BCUT2D eigenvalue weighted by atomic mass is 16.6. The van der Waals surface area contributed by atoms with Gasteiger partial charge in [-0.3, -0.25) is 14.4 Å². The molecule has 0 saturated carbocycles. The molecular weight excluding hydrogens is 817 g/mol. The van der Waals surface area contributed by atoms with Crippen molar-refractivity contribution in [2.45, 2.75) is 316 Å². The molecule has 1 atom stereocenters. The van der Waals surface area contributed by atoms with Gasteiger partial charge in [0.25, 0.3) is 0 Å². The predicted octanol–water partition coefficient (Wildman–Crippen LogP) is 19.3. The Balaban J connectivity index is 4.12. The van der Waals surface area contributed by atoms with E-state index < -0.39 is 6.10 Å². The van der Waals surface area contributed by atoms with Crippen LogP contribution in [-0.4, -0.2) is 37.2 Å². The van der Waals surface area contributed by atoms with Crippen LogP contribution < -0.4 is 0 Å². The molecule has 0 aliphatic rings. The molecule has 0 aliphatic heterocycles. The van der Waals surface area contributed by atoms with Gasteiger partial charge in [-0.15, -0.1) is 0 Å². The molecule has 0 saturated heterocycles. The summed E-state index contributed by atoms with van der Waals surface area (Å²) in [7, 11) is 0. The van der Waals surface area contributed by atoms with Crippen molar-refractivity contribution in [3.63, 3.8) is 0 Å². The maximum Gasteiger partial charge on any atom is 0.306 e. The smallest absolute Gasteiger partial charge is 0.306 e. The summed E-state index contributed by atoms with van der Waals surface area (Å²) in [6.07, 6.45) is 65.8. The van der Waals surface area contributed by atoms with E-state index >= 15 is 0 Å². The van der Waals surface area contributed by atoms with Crippen molar-refractivity contribution in [2.24, 2.45) is 0 Å². The molecule has 0 aromatic carbocycles. The molecule has 0 aliphatic carbocycles. The van der Waals surface area contributed by atoms with Crippen LogP contribution in [0.25, 0.3) is 0 Å². The van der Waals surface area contributed by atoms with E-state index in [0.29, 0.717) is 19.3 Å². The van der Waals surface area contributed by atoms with E-state index in [-0.39, 0.29) is 31.1 Å². The second-order valence-electron chi connectivity index (χ2n) is 19.6. The Kier molecular flexibility index (Phi) is 53.2. The Morgan fingerprint density at radius 3 is 0.848 bits per heavy atom. The van der Waals surface area contributed by atoms with Crippen LogP contribution in [0.15, 0.2) is 36.5 Å². The first kappa shape index (κ1) is 63.6. The van der Waals surface area contributed by atoms with Gasteiger partial charge in [-0.2, -0.15) is 0 Å². The van der Waals surface area contributed by atoms with Gasteiger partial charge in [0.1, 0.15) is 13.2 Å². The van der Waals surface area contributed by atoms with Gasteiger partial charge in [0.05, 0.1) is 0 Å². The molecule has 0 spiro atoms. The first-order chi connectivity index (χ1) is 32.5. The first-order valence-corrected chi connectivity index (χ1v) is 29.0. The van der Waals surface area contributed by atoms with Crippen LogP contribution in [0.1, 0.15) is 310 Å². The van der Waals surface area contributed by atoms with E-state index in [1.807, 2.05) is 0 Å². The third kappa shape index (κ3) is 52.6. The summed E-state index contributed by atoms with van der Waals surface area (Å²) in [6, 6.07) is 0. The van der Waals surface area contributed by atoms with Gasteiger partial charge in [0.15, 0.2) is 6.10 Å². The van der Waals surface area contributed by atoms with Crippen LogP contribution in [0.3, 0.4) is 0 Å². The topological polar surface area (TPSA) is 78.9 Å². The molecule has 0 aromatic rings. The number of unbranched alkanes of at least 4 members (excludes halogenated alkanes) is 36. The second kappa shape index (κ2) is 55.2. The summed E-state index contributed by atoms with van der Waals surface area (Å²) in [4.78, 5) is 38.0. The highest BCUT2D eigenvalue weighted by Gasteiger charge is 2.19. The van der Waals surface area contributed by atoms with Crippen molar-refractivity contribution in [1.29, 1.82) is 0 Å². The number of carbonyl (C=O) groups is 3. The molecule has 386 valence electrons. The Morgan fingerprint density at radius 2 is 0.545 bits per heavy atom. The quantitative estimate of drug-likeness (QED) is 0.0262. The fraction of sp³-hybridized carbons (Fsp3) is 0.850. The second-order valence-corrected chi connectivity index (χ2v) is 19.6. The zero-order valence-electron chi connectivity index (χ0n) is 44.2. The minimum atomic E-state index is -0.766. The average molecular weight is 928 g/mol. The number of hydrogen-bond acceptors (Lipinski definition) is 6. The minimum Gasteiger partial charge on any atom is -0.462 e. The zero-order valence-corrected chi connectivity index (χ0v) is 44.2. The molecule has 0 bridgehead atoms. The van der Waals surface area contributed by atoms with E-state index in [1.54, 1.807) is 0 Å². The number of carbonyl (C=O) groups excluding carboxylic acids is 3. The minimum absolute atomic E-state index is 0.0677. The molecule has 0 radical (unpaired) electrons. The summed E-state index contributed by atoms with van der Waals surface area (Å²) in [5.74, 6) is -0.857. The highest BCUT2D eigenvalue weighted by molar-refractivity contribution is 5.71. The lowest BCUT2D eigenvalue weighted by molar-refractivity contribution is -0.167. The lowest BCUT2D eigenvalue weighted by Crippen LogP contribution is -2.30. The van der Waals surface area contributed by atoms with Gasteiger partial charge in [0.2, 0.25) is 0 Å². The fourth-order valence-electron chi connectivity index (χ4n) is 8.51. The van der Waals surface area contributed by atoms with Crippen molar-refractivity contribution in [3.8, 4) is 0 Å². The van der Waals surface area contributed by atoms with E-state index in [1.165, 1.54) is 199 Å². The molecule has 0 N–H and O–H groups in total. The standard InChI is InChI=1S/C60H110O6/c1-4-7-10-13-16-19-22-23-24-25-26-27-28-29-30-31-32-33-34-35-36-37-39-41-44-47-50-53-59(62)65-56-57(55-64-58(61)52-49-46-43-40-21-18-15-12-9-6-3)66-60(63)54-51-48-45-42-38-20-17-14-11-8-5-2/h22-23,25-26,28-29,57H,4-21,24,27,30-56H2,1-3H3/b23-22-,26-25-,29-28-. The van der Waals surface area contributed by atoms with Crippen LogP contribution >= 0.6 is 0 Å². The van der Waals surface area contributed by atoms with Crippen molar-refractivity contribution >= 4 is 17.9 Å². The normalized spacial score (nSPS) is 12.2. The van der Waals surface area contributed by atoms with Crippen LogP contribution in [0.2, 0.25) is 0 Å². The summed E-state index contributed by atoms with van der Waals surface area (Å²) < 4.78 is 16.8. The van der Waals surface area contributed by atoms with E-state index in [4.69, 9.17) is 14.2 Å². The third-order valence-electron chi connectivity index (χ3n) is 12.9. The highest BCUT2D eigenvalue weighted by Crippen LogP contribution is 2.16. The van der Waals surface area contributed by atoms with Crippen molar-refractivity contribution < 1.29 is 28.6 Å². The van der Waals surface area contributed by atoms with Crippen LogP contribution in [-0.2, 0) is 28.6 Å². The SMILES string of the molecule is CCCCCCC/C=C\C/C=C\C/C=C\CCCCCCCCCCCCCCC(=O)OCC(COC(=O)CCCCCCCCCCCC)OC(=O)CCCCCCCCCCCCC. The Morgan fingerprint density at radius 1 is 0.303 bits per heavy atom. The number of ether oxygens (including phenoxy) is 3. The molecule has 6 nitrogen and oxygen atoms in total. The van der Waals surface area contributed by atoms with Gasteiger partial charge in [-0.25, -0.2) is 0 Å². The third-order valence-corrected chi connectivity index (χ3v) is 12.9. The number of hydrogen-bond donors (Lipinski definition) is 0. The Labute approximate surface area is 410 Å². The fourth-order valence-corrected chi connectivity index (χ4v) is 8.51. The Hall–Kier alpha value is -2.37. The maximum atomic E-state index is 12.8. The van der Waals surface area contributed by atoms with Gasteiger partial charge in [0, 0.05) is 19.3 Å². The van der Waals surface area contributed by atoms with Gasteiger partial charge in [-0.05, 0) is 57.8 Å². The molecule has 1 unspecified atom stereocenters. The van der Waals surface area contributed by atoms with Crippen molar-refractivity contribution in [3.05, 3.63) is 36.5 Å². The molecular formula is C60H110O6. The Bertz CT molecular complexity index is 1110. The summed E-state index contributed by atoms with van der Waals surface area (Å²) in [5.41, 5.74) is 0. The number of rotatable bonds is 53. The lowest BCUT2D eigenvalue weighted by Gasteiger charge is -2.18. The van der Waals surface area contributed by atoms with Crippen molar-refractivity contribution in [1.82, 2.24) is 0 Å². The first-order valence-electron chi connectivity index (χ1n) is 29.0. The predicted molar refractivity (Wildman–Crippen MR) is 284 cm³/mol. The molecule has 6 heteroatoms. The van der Waals surface area contributed by atoms with Crippen molar-refractivity contribution in [2.75, 3.05) is 13.2 Å². The zero-order chi connectivity index (χ0) is 47.9. The van der Waals surface area contributed by atoms with Gasteiger partial charge in [-0.1, -0.05) is 269 Å². The van der Waals surface area contributed by atoms with E-state index in [0.717, 1.165) is 70.6 Å². The number of allylic oxidation sites excluding steroid dienone is 6. The summed E-state index contributed by atoms with van der Waals surface area (Å²) in [6.45, 7) is 6.64. The lowest BCUT2D eigenvalue weighted by atomic mass is 10.0. The van der Waals surface area contributed by atoms with Crippen LogP contribution in [0, 0.1) is 0 Å². The molecule has 0 fully saturated rings. The van der Waals surface area contributed by atoms with Gasteiger partial charge >= 0.3 is 17.9 Å². The van der Waals surface area contributed by atoms with E-state index in [9.17, 15) is 14.4 Å². The molecule has 0 aromatic heterocycles. The maximum absolute atomic E-state index is 12.8. The largest absolute Gasteiger partial charge is 0.462 e. The van der Waals surface area contributed by atoms with E-state index in [2.05, 4.69) is 57.2 Å². The van der Waals surface area contributed by atoms with Crippen LogP contribution in [0.5, 0.6) is 0 Å².